The smallest absolute Gasteiger partial charge is 0.331 e. The molecule has 110 valence electrons. The van der Waals surface area contributed by atoms with Gasteiger partial charge in [0, 0.05) is 12.0 Å². The van der Waals surface area contributed by atoms with E-state index in [9.17, 15) is 24.9 Å². The van der Waals surface area contributed by atoms with Crippen molar-refractivity contribution in [3.63, 3.8) is 0 Å². The van der Waals surface area contributed by atoms with Gasteiger partial charge in [0.25, 0.3) is 0 Å². The highest BCUT2D eigenvalue weighted by Crippen LogP contribution is 2.39. The summed E-state index contributed by atoms with van der Waals surface area (Å²) in [5.41, 5.74) is 0.0527. The van der Waals surface area contributed by atoms with Gasteiger partial charge in [0.15, 0.2) is 0 Å². The van der Waals surface area contributed by atoms with E-state index in [4.69, 9.17) is 0 Å². The molecular formula is C16H16O5. The number of hydrogen-bond donors (Lipinski definition) is 3. The molecule has 3 N–H and O–H groups in total. The largest absolute Gasteiger partial charge is 0.480 e. The lowest BCUT2D eigenvalue weighted by molar-refractivity contribution is -0.142. The van der Waals surface area contributed by atoms with Crippen LogP contribution in [-0.2, 0) is 21.6 Å². The van der Waals surface area contributed by atoms with Gasteiger partial charge in [-0.3, -0.25) is 4.79 Å². The van der Waals surface area contributed by atoms with E-state index in [0.29, 0.717) is 16.7 Å². The lowest BCUT2D eigenvalue weighted by Gasteiger charge is -2.31. The van der Waals surface area contributed by atoms with Crippen LogP contribution in [0.1, 0.15) is 24.5 Å². The predicted octanol–water partition coefficient (Wildman–Crippen LogP) is 1.86. The van der Waals surface area contributed by atoms with E-state index in [-0.39, 0.29) is 18.6 Å². The zero-order valence-corrected chi connectivity index (χ0v) is 11.5. The Labute approximate surface area is 121 Å². The highest BCUT2D eigenvalue weighted by atomic mass is 16.4. The molecule has 5 heteroatoms. The van der Waals surface area contributed by atoms with Crippen molar-refractivity contribution in [3.8, 4) is 0 Å². The van der Waals surface area contributed by atoms with Crippen LogP contribution in [0.5, 0.6) is 0 Å². The van der Waals surface area contributed by atoms with Gasteiger partial charge in [0.05, 0.1) is 6.61 Å². The molecule has 1 unspecified atom stereocenters. The molecule has 1 aromatic carbocycles. The first-order valence-electron chi connectivity index (χ1n) is 6.47. The summed E-state index contributed by atoms with van der Waals surface area (Å²) in [6.07, 6.45) is 2.89. The van der Waals surface area contributed by atoms with Crippen LogP contribution in [0.15, 0.2) is 47.6 Å². The Morgan fingerprint density at radius 3 is 2.48 bits per heavy atom. The van der Waals surface area contributed by atoms with E-state index in [1.165, 1.54) is 12.2 Å². The molecule has 0 saturated carbocycles. The summed E-state index contributed by atoms with van der Waals surface area (Å²) in [5.74, 6) is -2.25. The summed E-state index contributed by atoms with van der Waals surface area (Å²) < 4.78 is 0. The molecule has 0 amide bonds. The summed E-state index contributed by atoms with van der Waals surface area (Å²) >= 11 is 0. The maximum Gasteiger partial charge on any atom is 0.331 e. The van der Waals surface area contributed by atoms with Crippen LogP contribution in [0.4, 0.5) is 0 Å². The van der Waals surface area contributed by atoms with Crippen molar-refractivity contribution in [2.45, 2.75) is 25.4 Å². The standard InChI is InChI=1S/C16H16O5/c1-10-6-7-16(15(20)21,8-12(10)14(18)19)13-5-3-2-4-11(13)9-17/h2-7,17H,8-9H2,1H3,(H,18,19)(H,20,21). The molecule has 0 fully saturated rings. The molecule has 1 aliphatic carbocycles. The van der Waals surface area contributed by atoms with Crippen LogP contribution in [-0.4, -0.2) is 27.3 Å². The van der Waals surface area contributed by atoms with Gasteiger partial charge >= 0.3 is 11.9 Å². The Morgan fingerprint density at radius 2 is 1.90 bits per heavy atom. The third-order valence-corrected chi connectivity index (χ3v) is 3.86. The molecule has 21 heavy (non-hydrogen) atoms. The minimum absolute atomic E-state index is 0.0765. The molecule has 1 aromatic rings. The lowest BCUT2D eigenvalue weighted by Crippen LogP contribution is -2.38. The normalized spacial score (nSPS) is 21.4. The zero-order valence-electron chi connectivity index (χ0n) is 11.5. The fraction of sp³-hybridized carbons (Fsp3) is 0.250. The molecule has 0 bridgehead atoms. The Balaban J connectivity index is 2.63. The number of allylic oxidation sites excluding steroid dienone is 2. The van der Waals surface area contributed by atoms with E-state index in [0.717, 1.165) is 0 Å². The molecule has 5 nitrogen and oxygen atoms in total. The maximum atomic E-state index is 11.9. The zero-order chi connectivity index (χ0) is 15.6. The van der Waals surface area contributed by atoms with Gasteiger partial charge in [0.1, 0.15) is 5.41 Å². The first kappa shape index (κ1) is 15.0. The van der Waals surface area contributed by atoms with Crippen LogP contribution in [0.2, 0.25) is 0 Å². The average molecular weight is 288 g/mol. The summed E-state index contributed by atoms with van der Waals surface area (Å²) in [6, 6.07) is 6.64. The van der Waals surface area contributed by atoms with E-state index >= 15 is 0 Å². The molecule has 0 radical (unpaired) electrons. The fourth-order valence-electron chi connectivity index (χ4n) is 2.63. The van der Waals surface area contributed by atoms with E-state index in [1.54, 1.807) is 31.2 Å². The van der Waals surface area contributed by atoms with E-state index in [2.05, 4.69) is 0 Å². The summed E-state index contributed by atoms with van der Waals surface area (Å²) in [6.45, 7) is 1.34. The van der Waals surface area contributed by atoms with Crippen molar-refractivity contribution in [1.82, 2.24) is 0 Å². The summed E-state index contributed by atoms with van der Waals surface area (Å²) in [7, 11) is 0. The molecule has 1 aliphatic rings. The van der Waals surface area contributed by atoms with Gasteiger partial charge < -0.3 is 15.3 Å². The van der Waals surface area contributed by atoms with Gasteiger partial charge in [0.2, 0.25) is 0 Å². The molecule has 0 aromatic heterocycles. The predicted molar refractivity (Wildman–Crippen MR) is 75.8 cm³/mol. The number of rotatable bonds is 4. The van der Waals surface area contributed by atoms with E-state index < -0.39 is 17.4 Å². The number of hydrogen-bond acceptors (Lipinski definition) is 3. The summed E-state index contributed by atoms with van der Waals surface area (Å²) in [4.78, 5) is 23.2. The minimum Gasteiger partial charge on any atom is -0.480 e. The number of aliphatic carboxylic acids is 2. The van der Waals surface area contributed by atoms with Gasteiger partial charge in [-0.15, -0.1) is 0 Å². The van der Waals surface area contributed by atoms with E-state index in [1.807, 2.05) is 0 Å². The fourth-order valence-corrected chi connectivity index (χ4v) is 2.63. The topological polar surface area (TPSA) is 94.8 Å². The molecule has 1 atom stereocenters. The Morgan fingerprint density at radius 1 is 1.24 bits per heavy atom. The minimum atomic E-state index is -1.47. The highest BCUT2D eigenvalue weighted by molar-refractivity contribution is 5.94. The van der Waals surface area contributed by atoms with Crippen molar-refractivity contribution < 1.29 is 24.9 Å². The number of carboxylic acid groups (broad SMARTS) is 2. The van der Waals surface area contributed by atoms with Gasteiger partial charge in [-0.05, 0) is 23.6 Å². The molecule has 0 spiro atoms. The van der Waals surface area contributed by atoms with Crippen LogP contribution in [0.25, 0.3) is 0 Å². The van der Waals surface area contributed by atoms with Gasteiger partial charge in [-0.1, -0.05) is 36.4 Å². The molecule has 0 saturated heterocycles. The maximum absolute atomic E-state index is 11.9. The quantitative estimate of drug-likeness (QED) is 0.786. The second-order valence-electron chi connectivity index (χ2n) is 5.07. The van der Waals surface area contributed by atoms with Crippen molar-refractivity contribution >= 4 is 11.9 Å². The third kappa shape index (κ3) is 2.48. The number of carbonyl (C=O) groups is 2. The van der Waals surface area contributed by atoms with Crippen LogP contribution in [0, 0.1) is 0 Å². The lowest BCUT2D eigenvalue weighted by atomic mass is 9.70. The number of benzene rings is 1. The second kappa shape index (κ2) is 5.54. The second-order valence-corrected chi connectivity index (χ2v) is 5.07. The van der Waals surface area contributed by atoms with Crippen molar-refractivity contribution in [1.29, 1.82) is 0 Å². The summed E-state index contributed by atoms with van der Waals surface area (Å²) in [5, 5.41) is 28.4. The van der Waals surface area contributed by atoms with Gasteiger partial charge in [-0.2, -0.15) is 0 Å². The number of carboxylic acids is 2. The average Bonchev–Trinajstić information content (AvgIpc) is 2.47. The Kier molecular flexibility index (Phi) is 3.95. The first-order valence-corrected chi connectivity index (χ1v) is 6.47. The first-order chi connectivity index (χ1) is 9.92. The van der Waals surface area contributed by atoms with Crippen LogP contribution in [0.3, 0.4) is 0 Å². The molecule has 2 rings (SSSR count). The SMILES string of the molecule is CC1=C(C(=O)O)CC(C(=O)O)(c2ccccc2CO)C=C1. The third-order valence-electron chi connectivity index (χ3n) is 3.86. The molecular weight excluding hydrogens is 272 g/mol. The van der Waals surface area contributed by atoms with Crippen molar-refractivity contribution in [2.75, 3.05) is 0 Å². The molecule has 0 aliphatic heterocycles. The van der Waals surface area contributed by atoms with Crippen LogP contribution < -0.4 is 0 Å². The van der Waals surface area contributed by atoms with Crippen molar-refractivity contribution in [3.05, 3.63) is 58.7 Å². The monoisotopic (exact) mass is 288 g/mol. The van der Waals surface area contributed by atoms with Crippen molar-refractivity contribution in [2.24, 2.45) is 0 Å². The highest BCUT2D eigenvalue weighted by Gasteiger charge is 2.43. The molecule has 0 heterocycles. The Bertz CT molecular complexity index is 656. The number of aliphatic hydroxyl groups is 1. The van der Waals surface area contributed by atoms with Crippen LogP contribution >= 0.6 is 0 Å². The Hall–Kier alpha value is -2.40. The van der Waals surface area contributed by atoms with Gasteiger partial charge in [-0.25, -0.2) is 4.79 Å². The number of aliphatic hydroxyl groups excluding tert-OH is 1.